The highest BCUT2D eigenvalue weighted by Gasteiger charge is 2.39. The van der Waals surface area contributed by atoms with E-state index in [0.29, 0.717) is 0 Å². The molecular formula is C81H67BrN2. The van der Waals surface area contributed by atoms with Gasteiger partial charge in [-0.15, -0.1) is 0 Å². The molecule has 0 aliphatic heterocycles. The highest BCUT2D eigenvalue weighted by molar-refractivity contribution is 9.10. The van der Waals surface area contributed by atoms with E-state index in [9.17, 15) is 0 Å². The molecule has 3 heteroatoms. The summed E-state index contributed by atoms with van der Waals surface area (Å²) in [6.07, 6.45) is 0. The summed E-state index contributed by atoms with van der Waals surface area (Å²) >= 11 is 3.56. The quantitative estimate of drug-likeness (QED) is 0.161. The fourth-order valence-corrected chi connectivity index (χ4v) is 13.8. The Morgan fingerprint density at radius 3 is 1.04 bits per heavy atom. The van der Waals surface area contributed by atoms with Gasteiger partial charge in [0.25, 0.3) is 0 Å². The molecule has 3 aliphatic carbocycles. The lowest BCUT2D eigenvalue weighted by Crippen LogP contribution is -2.18. The van der Waals surface area contributed by atoms with Crippen molar-refractivity contribution < 1.29 is 0 Å². The van der Waals surface area contributed by atoms with Gasteiger partial charge in [0.2, 0.25) is 0 Å². The molecule has 0 radical (unpaired) electrons. The lowest BCUT2D eigenvalue weighted by Gasteiger charge is -2.31. The lowest BCUT2D eigenvalue weighted by atomic mass is 9.82. The third-order valence-corrected chi connectivity index (χ3v) is 18.4. The Hall–Kier alpha value is -9.28. The number of halogens is 1. The standard InChI is InChI=1S/C48H39N.C18H15N.C15H13Br/c1-47(2)42-21-13-11-19-37(42)39-26-24-35(30-44(39)47)49(36-25-27-40-38-20-12-14-22-43(38)48(3,4)45(40)31-36)46-28-23-34(32-15-7-5-8-16-32)29-41(46)33-17-9-6-10-18-33;19-18-12-11-16(14-7-3-1-4-8-14)13-17(18)15-9-5-2-6-10-15;1-15(2)13-6-4-3-5-11(13)12-8-7-10(16)9-14(12)15/h5-31H,1-4H3;1-13H,19H2;3-9H,1-2H3. The molecule has 12 aromatic rings. The molecule has 0 saturated heterocycles. The molecule has 0 heterocycles. The van der Waals surface area contributed by atoms with Gasteiger partial charge in [0.15, 0.2) is 0 Å². The summed E-state index contributed by atoms with van der Waals surface area (Å²) in [6.45, 7) is 14.1. The second kappa shape index (κ2) is 21.8. The summed E-state index contributed by atoms with van der Waals surface area (Å²) in [7, 11) is 0. The number of nitrogens with zero attached hydrogens (tertiary/aromatic N) is 1. The monoisotopic (exact) mass is 1150 g/mol. The zero-order valence-corrected chi connectivity index (χ0v) is 50.1. The number of nitrogen functional groups attached to an aromatic ring is 1. The van der Waals surface area contributed by atoms with Gasteiger partial charge in [0, 0.05) is 48.9 Å². The Kier molecular flexibility index (Phi) is 14.0. The summed E-state index contributed by atoms with van der Waals surface area (Å²) in [6, 6.07) is 103. The van der Waals surface area contributed by atoms with Crippen LogP contribution in [0.25, 0.3) is 77.9 Å². The highest BCUT2D eigenvalue weighted by atomic mass is 79.9. The molecule has 15 rings (SSSR count). The molecule has 0 atom stereocenters. The first kappa shape index (κ1) is 54.0. The Bertz CT molecular complexity index is 4300. The van der Waals surface area contributed by atoms with Crippen LogP contribution in [-0.4, -0.2) is 0 Å². The summed E-state index contributed by atoms with van der Waals surface area (Å²) < 4.78 is 1.16. The van der Waals surface area contributed by atoms with Gasteiger partial charge < -0.3 is 10.6 Å². The van der Waals surface area contributed by atoms with Crippen LogP contribution in [0.2, 0.25) is 0 Å². The minimum Gasteiger partial charge on any atom is -0.398 e. The average Bonchev–Trinajstić information content (AvgIpc) is 3.13. The van der Waals surface area contributed by atoms with Crippen LogP contribution in [0.1, 0.15) is 74.9 Å². The maximum atomic E-state index is 6.10. The van der Waals surface area contributed by atoms with Crippen molar-refractivity contribution in [1.82, 2.24) is 0 Å². The molecule has 84 heavy (non-hydrogen) atoms. The van der Waals surface area contributed by atoms with Crippen molar-refractivity contribution in [3.63, 3.8) is 0 Å². The van der Waals surface area contributed by atoms with Crippen LogP contribution >= 0.6 is 15.9 Å². The van der Waals surface area contributed by atoms with Crippen LogP contribution in [0.15, 0.2) is 290 Å². The number of hydrogen-bond acceptors (Lipinski definition) is 2. The summed E-state index contributed by atoms with van der Waals surface area (Å²) in [5.41, 5.74) is 36.3. The van der Waals surface area contributed by atoms with E-state index < -0.39 is 0 Å². The molecule has 0 saturated carbocycles. The van der Waals surface area contributed by atoms with Crippen molar-refractivity contribution >= 4 is 38.7 Å². The van der Waals surface area contributed by atoms with Crippen LogP contribution in [0.3, 0.4) is 0 Å². The zero-order valence-electron chi connectivity index (χ0n) is 48.5. The van der Waals surface area contributed by atoms with E-state index in [-0.39, 0.29) is 16.2 Å². The van der Waals surface area contributed by atoms with Crippen molar-refractivity contribution in [1.29, 1.82) is 0 Å². The molecule has 0 spiro atoms. The molecule has 0 aromatic heterocycles. The first-order valence-corrected chi connectivity index (χ1v) is 30.0. The molecule has 0 unspecified atom stereocenters. The predicted molar refractivity (Wildman–Crippen MR) is 361 cm³/mol. The smallest absolute Gasteiger partial charge is 0.0540 e. The Labute approximate surface area is 504 Å². The third kappa shape index (κ3) is 9.67. The van der Waals surface area contributed by atoms with Crippen LogP contribution in [0.4, 0.5) is 22.7 Å². The Balaban J connectivity index is 0.000000152. The number of nitrogens with two attached hydrogens (primary N) is 1. The molecule has 2 nitrogen and oxygen atoms in total. The van der Waals surface area contributed by atoms with E-state index in [2.05, 4.69) is 305 Å². The highest BCUT2D eigenvalue weighted by Crippen LogP contribution is 2.55. The summed E-state index contributed by atoms with van der Waals surface area (Å²) in [5, 5.41) is 0. The van der Waals surface area contributed by atoms with E-state index in [4.69, 9.17) is 5.73 Å². The fraction of sp³-hybridized carbons (Fsp3) is 0.111. The topological polar surface area (TPSA) is 29.3 Å². The van der Waals surface area contributed by atoms with Crippen molar-refractivity contribution in [3.05, 3.63) is 323 Å². The third-order valence-electron chi connectivity index (χ3n) is 17.9. The van der Waals surface area contributed by atoms with Crippen LogP contribution in [-0.2, 0) is 16.2 Å². The van der Waals surface area contributed by atoms with Crippen molar-refractivity contribution in [2.24, 2.45) is 0 Å². The molecule has 408 valence electrons. The number of benzene rings is 12. The van der Waals surface area contributed by atoms with Crippen LogP contribution in [0.5, 0.6) is 0 Å². The van der Waals surface area contributed by atoms with Gasteiger partial charge in [0.1, 0.15) is 0 Å². The van der Waals surface area contributed by atoms with E-state index >= 15 is 0 Å². The maximum Gasteiger partial charge on any atom is 0.0540 e. The number of fused-ring (bicyclic) bond motifs is 9. The average molecular weight is 1150 g/mol. The van der Waals surface area contributed by atoms with Gasteiger partial charge in [-0.05, 0) is 161 Å². The molecule has 0 fully saturated rings. The molecule has 0 bridgehead atoms. The lowest BCUT2D eigenvalue weighted by molar-refractivity contribution is 0.660. The van der Waals surface area contributed by atoms with Gasteiger partial charge >= 0.3 is 0 Å². The van der Waals surface area contributed by atoms with Gasteiger partial charge in [-0.3, -0.25) is 0 Å². The van der Waals surface area contributed by atoms with Crippen molar-refractivity contribution in [3.8, 4) is 77.9 Å². The summed E-state index contributed by atoms with van der Waals surface area (Å²) in [4.78, 5) is 2.50. The predicted octanol–water partition coefficient (Wildman–Crippen LogP) is 22.5. The second-order valence-corrected chi connectivity index (χ2v) is 24.9. The van der Waals surface area contributed by atoms with E-state index in [1.165, 1.54) is 100 Å². The van der Waals surface area contributed by atoms with Crippen molar-refractivity contribution in [2.45, 2.75) is 57.8 Å². The maximum absolute atomic E-state index is 6.10. The number of anilines is 4. The van der Waals surface area contributed by atoms with E-state index in [0.717, 1.165) is 38.3 Å². The number of hydrogen-bond donors (Lipinski definition) is 1. The largest absolute Gasteiger partial charge is 0.398 e. The molecule has 12 aromatic carbocycles. The Morgan fingerprint density at radius 2 is 0.595 bits per heavy atom. The van der Waals surface area contributed by atoms with Crippen LogP contribution in [0, 0.1) is 0 Å². The minimum atomic E-state index is -0.103. The van der Waals surface area contributed by atoms with Gasteiger partial charge in [0.05, 0.1) is 5.69 Å². The minimum absolute atomic E-state index is 0.103. The molecular weight excluding hydrogens is 1080 g/mol. The summed E-state index contributed by atoms with van der Waals surface area (Å²) in [5.74, 6) is 0. The van der Waals surface area contributed by atoms with E-state index in [1.54, 1.807) is 0 Å². The zero-order chi connectivity index (χ0) is 57.7. The number of rotatable bonds is 7. The second-order valence-electron chi connectivity index (χ2n) is 24.0. The SMILES string of the molecule is CC1(C)c2ccccc2-c2ccc(Br)cc21.CC1(C)c2ccccc2-c2ccc(N(c3ccc4c(c3)C(C)(C)c3ccccc3-4)c3ccc(-c4ccccc4)cc3-c3ccccc3)cc21.Nc1ccc(-c2ccccc2)cc1-c1ccccc1. The first-order chi connectivity index (χ1) is 40.8. The Morgan fingerprint density at radius 1 is 0.262 bits per heavy atom. The fourth-order valence-electron chi connectivity index (χ4n) is 13.4. The molecule has 2 N–H and O–H groups in total. The van der Waals surface area contributed by atoms with Crippen molar-refractivity contribution in [2.75, 3.05) is 10.6 Å². The van der Waals surface area contributed by atoms with Gasteiger partial charge in [-0.2, -0.15) is 0 Å². The van der Waals surface area contributed by atoms with Crippen LogP contribution < -0.4 is 10.6 Å². The van der Waals surface area contributed by atoms with Gasteiger partial charge in [-0.25, -0.2) is 0 Å². The molecule has 0 amide bonds. The normalized spacial score (nSPS) is 13.8. The first-order valence-electron chi connectivity index (χ1n) is 29.2. The van der Waals surface area contributed by atoms with Gasteiger partial charge in [-0.1, -0.05) is 282 Å². The molecule has 3 aliphatic rings. The van der Waals surface area contributed by atoms with E-state index in [1.807, 2.05) is 42.5 Å².